The molecule has 2 amide bonds. The summed E-state index contributed by atoms with van der Waals surface area (Å²) in [5.41, 5.74) is -0.957. The lowest BCUT2D eigenvalue weighted by atomic mass is 9.94. The van der Waals surface area contributed by atoms with Crippen LogP contribution in [0.4, 0.5) is 4.79 Å². The molecule has 1 saturated heterocycles. The third-order valence-corrected chi connectivity index (χ3v) is 3.51. The number of hydrogen-bond acceptors (Lipinski definition) is 4. The van der Waals surface area contributed by atoms with Gasteiger partial charge in [0.05, 0.1) is 12.1 Å². The lowest BCUT2D eigenvalue weighted by molar-refractivity contribution is -0.140. The largest absolute Gasteiger partial charge is 0.480 e. The van der Waals surface area contributed by atoms with Crippen LogP contribution in [0.2, 0.25) is 0 Å². The van der Waals surface area contributed by atoms with Gasteiger partial charge in [-0.3, -0.25) is 0 Å². The zero-order valence-corrected chi connectivity index (χ0v) is 12.3. The summed E-state index contributed by atoms with van der Waals surface area (Å²) in [5.74, 6) is -1.28. The average Bonchev–Trinajstić information content (AvgIpc) is 2.34. The minimum Gasteiger partial charge on any atom is -0.480 e. The van der Waals surface area contributed by atoms with Crippen LogP contribution in [0.1, 0.15) is 26.7 Å². The van der Waals surface area contributed by atoms with Crippen molar-refractivity contribution in [1.29, 1.82) is 0 Å². The summed E-state index contributed by atoms with van der Waals surface area (Å²) in [6, 6.07) is -1.43. The van der Waals surface area contributed by atoms with Gasteiger partial charge in [-0.15, -0.1) is 0 Å². The normalized spacial score (nSPS) is 19.4. The number of likely N-dealkylation sites (N-methyl/N-ethyl adjacent to an activating group) is 1. The highest BCUT2D eigenvalue weighted by molar-refractivity contribution is 5.82. The van der Waals surface area contributed by atoms with Gasteiger partial charge in [-0.05, 0) is 5.92 Å². The van der Waals surface area contributed by atoms with Crippen molar-refractivity contribution < 1.29 is 24.5 Å². The molecule has 7 nitrogen and oxygen atoms in total. The predicted molar refractivity (Wildman–Crippen MR) is 72.4 cm³/mol. The van der Waals surface area contributed by atoms with E-state index >= 15 is 0 Å². The smallest absolute Gasteiger partial charge is 0.326 e. The molecule has 1 aliphatic rings. The Labute approximate surface area is 118 Å². The number of amides is 2. The van der Waals surface area contributed by atoms with Crippen molar-refractivity contribution in [3.8, 4) is 0 Å². The van der Waals surface area contributed by atoms with Gasteiger partial charge in [0.2, 0.25) is 0 Å². The SMILES string of the molecule is CC(C)[C@H](NC(=O)N(C)CC1(O)CCOCC1)C(=O)O. The number of carboxylic acids is 1. The number of aliphatic hydroxyl groups is 1. The minimum atomic E-state index is -1.06. The molecule has 0 unspecified atom stereocenters. The standard InChI is InChI=1S/C13H24N2O5/c1-9(2)10(11(16)17)14-12(18)15(3)8-13(19)4-6-20-7-5-13/h9-10,19H,4-8H2,1-3H3,(H,14,18)(H,16,17)/t10-/m0/s1. The second kappa shape index (κ2) is 6.90. The molecule has 1 atom stereocenters. The summed E-state index contributed by atoms with van der Waals surface area (Å²) in [6.45, 7) is 4.55. The van der Waals surface area contributed by atoms with Gasteiger partial charge in [-0.2, -0.15) is 0 Å². The Morgan fingerprint density at radius 1 is 1.35 bits per heavy atom. The number of nitrogens with zero attached hydrogens (tertiary/aromatic N) is 1. The van der Waals surface area contributed by atoms with Crippen LogP contribution in [-0.4, -0.2) is 65.6 Å². The Kier molecular flexibility index (Phi) is 5.76. The molecule has 7 heteroatoms. The van der Waals surface area contributed by atoms with Crippen LogP contribution in [0, 0.1) is 5.92 Å². The Balaban J connectivity index is 2.55. The van der Waals surface area contributed by atoms with Gasteiger partial charge in [0.15, 0.2) is 0 Å². The molecule has 0 aliphatic carbocycles. The van der Waals surface area contributed by atoms with Crippen molar-refractivity contribution in [3.63, 3.8) is 0 Å². The maximum absolute atomic E-state index is 12.0. The third kappa shape index (κ3) is 4.64. The lowest BCUT2D eigenvalue weighted by Gasteiger charge is -2.35. The van der Waals surface area contributed by atoms with E-state index in [-0.39, 0.29) is 12.5 Å². The Morgan fingerprint density at radius 2 is 1.90 bits per heavy atom. The Bertz CT molecular complexity index is 353. The third-order valence-electron chi connectivity index (χ3n) is 3.51. The van der Waals surface area contributed by atoms with Gasteiger partial charge in [0.25, 0.3) is 0 Å². The second-order valence-corrected chi connectivity index (χ2v) is 5.70. The first kappa shape index (κ1) is 16.7. The molecule has 0 aromatic heterocycles. The molecular weight excluding hydrogens is 264 g/mol. The van der Waals surface area contributed by atoms with Crippen LogP contribution in [0.25, 0.3) is 0 Å². The van der Waals surface area contributed by atoms with E-state index in [9.17, 15) is 14.7 Å². The number of rotatable bonds is 5. The summed E-state index contributed by atoms with van der Waals surface area (Å²) < 4.78 is 5.18. The average molecular weight is 288 g/mol. The summed E-state index contributed by atoms with van der Waals surface area (Å²) in [6.07, 6.45) is 0.939. The van der Waals surface area contributed by atoms with Crippen molar-refractivity contribution >= 4 is 12.0 Å². The van der Waals surface area contributed by atoms with Crippen LogP contribution < -0.4 is 5.32 Å². The molecular formula is C13H24N2O5. The first-order valence-electron chi connectivity index (χ1n) is 6.80. The molecule has 0 bridgehead atoms. The summed E-state index contributed by atoms with van der Waals surface area (Å²) in [7, 11) is 1.54. The van der Waals surface area contributed by atoms with E-state index in [2.05, 4.69) is 5.32 Å². The fourth-order valence-electron chi connectivity index (χ4n) is 2.18. The minimum absolute atomic E-state index is 0.159. The van der Waals surface area contributed by atoms with Crippen LogP contribution in [0.3, 0.4) is 0 Å². The van der Waals surface area contributed by atoms with Gasteiger partial charge in [0, 0.05) is 33.1 Å². The fraction of sp³-hybridized carbons (Fsp3) is 0.846. The Hall–Kier alpha value is -1.34. The fourth-order valence-corrected chi connectivity index (χ4v) is 2.18. The number of aliphatic carboxylic acids is 1. The monoisotopic (exact) mass is 288 g/mol. The maximum atomic E-state index is 12.0. The number of ether oxygens (including phenoxy) is 1. The molecule has 20 heavy (non-hydrogen) atoms. The van der Waals surface area contributed by atoms with Crippen LogP contribution in [-0.2, 0) is 9.53 Å². The first-order valence-corrected chi connectivity index (χ1v) is 6.80. The van der Waals surface area contributed by atoms with Crippen molar-refractivity contribution in [2.24, 2.45) is 5.92 Å². The maximum Gasteiger partial charge on any atom is 0.326 e. The molecule has 1 rings (SSSR count). The quantitative estimate of drug-likeness (QED) is 0.675. The van der Waals surface area contributed by atoms with Gasteiger partial charge >= 0.3 is 12.0 Å². The molecule has 1 aliphatic heterocycles. The first-order chi connectivity index (χ1) is 9.25. The molecule has 0 saturated carbocycles. The second-order valence-electron chi connectivity index (χ2n) is 5.70. The van der Waals surface area contributed by atoms with E-state index in [0.29, 0.717) is 26.1 Å². The van der Waals surface area contributed by atoms with Crippen molar-refractivity contribution in [3.05, 3.63) is 0 Å². The molecule has 1 heterocycles. The highest BCUT2D eigenvalue weighted by Crippen LogP contribution is 2.21. The van der Waals surface area contributed by atoms with E-state index in [1.165, 1.54) is 4.90 Å². The van der Waals surface area contributed by atoms with Gasteiger partial charge in [-0.1, -0.05) is 13.8 Å². The Morgan fingerprint density at radius 3 is 2.35 bits per heavy atom. The van der Waals surface area contributed by atoms with Crippen LogP contribution >= 0.6 is 0 Å². The van der Waals surface area contributed by atoms with Gasteiger partial charge in [-0.25, -0.2) is 9.59 Å². The van der Waals surface area contributed by atoms with E-state index < -0.39 is 23.6 Å². The number of urea groups is 1. The molecule has 1 fully saturated rings. The van der Waals surface area contributed by atoms with E-state index in [4.69, 9.17) is 9.84 Å². The highest BCUT2D eigenvalue weighted by Gasteiger charge is 2.33. The number of carboxylic acid groups (broad SMARTS) is 1. The molecule has 0 aromatic carbocycles. The molecule has 116 valence electrons. The number of carbonyl (C=O) groups excluding carboxylic acids is 1. The van der Waals surface area contributed by atoms with Crippen molar-refractivity contribution in [2.45, 2.75) is 38.3 Å². The molecule has 0 radical (unpaired) electrons. The zero-order valence-electron chi connectivity index (χ0n) is 12.3. The number of carbonyl (C=O) groups is 2. The molecule has 3 N–H and O–H groups in total. The topological polar surface area (TPSA) is 99.1 Å². The zero-order chi connectivity index (χ0) is 15.3. The highest BCUT2D eigenvalue weighted by atomic mass is 16.5. The summed E-state index contributed by atoms with van der Waals surface area (Å²) in [4.78, 5) is 24.4. The number of nitrogens with one attached hydrogen (secondary N) is 1. The molecule has 0 spiro atoms. The van der Waals surface area contributed by atoms with Crippen LogP contribution in [0.5, 0.6) is 0 Å². The number of hydrogen-bond donors (Lipinski definition) is 3. The van der Waals surface area contributed by atoms with Crippen molar-refractivity contribution in [1.82, 2.24) is 10.2 Å². The van der Waals surface area contributed by atoms with E-state index in [1.54, 1.807) is 20.9 Å². The van der Waals surface area contributed by atoms with E-state index in [0.717, 1.165) is 0 Å². The summed E-state index contributed by atoms with van der Waals surface area (Å²) in [5, 5.41) is 21.8. The lowest BCUT2D eigenvalue weighted by Crippen LogP contribution is -2.53. The van der Waals surface area contributed by atoms with Gasteiger partial charge < -0.3 is 25.2 Å². The van der Waals surface area contributed by atoms with E-state index in [1.807, 2.05) is 0 Å². The van der Waals surface area contributed by atoms with Crippen LogP contribution in [0.15, 0.2) is 0 Å². The van der Waals surface area contributed by atoms with Crippen molar-refractivity contribution in [2.75, 3.05) is 26.8 Å². The van der Waals surface area contributed by atoms with Gasteiger partial charge in [0.1, 0.15) is 6.04 Å². The molecule has 0 aromatic rings. The summed E-state index contributed by atoms with van der Waals surface area (Å²) >= 11 is 0. The predicted octanol–water partition coefficient (Wildman–Crippen LogP) is 0.279.